The van der Waals surface area contributed by atoms with Crippen LogP contribution in [0.5, 0.6) is 0 Å². The normalized spacial score (nSPS) is 22.3. The van der Waals surface area contributed by atoms with Crippen molar-refractivity contribution in [2.45, 2.75) is 38.4 Å². The van der Waals surface area contributed by atoms with Gasteiger partial charge in [-0.05, 0) is 38.3 Å². The third-order valence-corrected chi connectivity index (χ3v) is 5.28. The number of guanidine groups is 1. The van der Waals surface area contributed by atoms with Crippen molar-refractivity contribution in [2.75, 3.05) is 57.9 Å². The van der Waals surface area contributed by atoms with Gasteiger partial charge in [-0.25, -0.2) is 4.39 Å². The standard InChI is InChI=1S/C21H33FN4O2.HI/c1-3-23-21(26-13-15-28-20(16-26)19-10-6-14-27-19)24-11-7-12-25(2)18-9-5-4-8-17(18)22;/h4-5,8-9,19-20H,3,6-7,10-16H2,1-2H3,(H,23,24);1H. The largest absolute Gasteiger partial charge is 0.375 e. The molecular weight excluding hydrogens is 486 g/mol. The van der Waals surface area contributed by atoms with Gasteiger partial charge in [0.2, 0.25) is 0 Å². The molecule has 2 atom stereocenters. The number of ether oxygens (including phenoxy) is 2. The van der Waals surface area contributed by atoms with Crippen LogP contribution in [-0.4, -0.2) is 76.1 Å². The van der Waals surface area contributed by atoms with Crippen LogP contribution >= 0.6 is 24.0 Å². The Balaban J connectivity index is 0.00000300. The highest BCUT2D eigenvalue weighted by molar-refractivity contribution is 14.0. The van der Waals surface area contributed by atoms with Gasteiger partial charge < -0.3 is 24.6 Å². The second kappa shape index (κ2) is 12.5. The van der Waals surface area contributed by atoms with E-state index < -0.39 is 0 Å². The first-order valence-corrected chi connectivity index (χ1v) is 10.4. The molecule has 2 fully saturated rings. The molecule has 0 aliphatic carbocycles. The minimum absolute atomic E-state index is 0. The van der Waals surface area contributed by atoms with Gasteiger partial charge in [0.15, 0.2) is 5.96 Å². The Labute approximate surface area is 190 Å². The van der Waals surface area contributed by atoms with Crippen molar-refractivity contribution in [3.05, 3.63) is 30.1 Å². The van der Waals surface area contributed by atoms with Crippen molar-refractivity contribution >= 4 is 35.6 Å². The van der Waals surface area contributed by atoms with Crippen LogP contribution in [-0.2, 0) is 9.47 Å². The van der Waals surface area contributed by atoms with Gasteiger partial charge in [0.1, 0.15) is 11.9 Å². The summed E-state index contributed by atoms with van der Waals surface area (Å²) >= 11 is 0. The Morgan fingerprint density at radius 2 is 2.07 bits per heavy atom. The van der Waals surface area contributed by atoms with Crippen molar-refractivity contribution in [1.29, 1.82) is 0 Å². The first-order chi connectivity index (χ1) is 13.7. The molecule has 6 nitrogen and oxygen atoms in total. The summed E-state index contributed by atoms with van der Waals surface area (Å²) in [4.78, 5) is 9.02. The number of hydrogen-bond donors (Lipinski definition) is 1. The van der Waals surface area contributed by atoms with Gasteiger partial charge in [-0.2, -0.15) is 0 Å². The Hall–Kier alpha value is -1.13. The van der Waals surface area contributed by atoms with E-state index in [1.165, 1.54) is 6.07 Å². The average molecular weight is 520 g/mol. The predicted molar refractivity (Wildman–Crippen MR) is 126 cm³/mol. The van der Waals surface area contributed by atoms with Crippen LogP contribution in [0.3, 0.4) is 0 Å². The molecular formula is C21H34FIN4O2. The number of nitrogens with one attached hydrogen (secondary N) is 1. The van der Waals surface area contributed by atoms with Gasteiger partial charge in [-0.1, -0.05) is 12.1 Å². The van der Waals surface area contributed by atoms with E-state index in [2.05, 4.69) is 17.1 Å². The smallest absolute Gasteiger partial charge is 0.194 e. The number of anilines is 1. The molecule has 0 spiro atoms. The van der Waals surface area contributed by atoms with Crippen LogP contribution in [0.15, 0.2) is 29.3 Å². The van der Waals surface area contributed by atoms with E-state index in [-0.39, 0.29) is 42.0 Å². The van der Waals surface area contributed by atoms with Crippen LogP contribution in [0.25, 0.3) is 0 Å². The maximum atomic E-state index is 13.9. The molecule has 0 radical (unpaired) electrons. The predicted octanol–water partition coefficient (Wildman–Crippen LogP) is 3.12. The van der Waals surface area contributed by atoms with Gasteiger partial charge in [-0.3, -0.25) is 4.99 Å². The fourth-order valence-corrected chi connectivity index (χ4v) is 3.79. The van der Waals surface area contributed by atoms with Gasteiger partial charge in [-0.15, -0.1) is 24.0 Å². The van der Waals surface area contributed by atoms with Crippen molar-refractivity contribution in [1.82, 2.24) is 10.2 Å². The highest BCUT2D eigenvalue weighted by Crippen LogP contribution is 2.21. The molecule has 0 bridgehead atoms. The molecule has 0 amide bonds. The third kappa shape index (κ3) is 6.96. The van der Waals surface area contributed by atoms with Gasteiger partial charge in [0, 0.05) is 46.4 Å². The second-order valence-electron chi connectivity index (χ2n) is 7.37. The van der Waals surface area contributed by atoms with E-state index in [0.29, 0.717) is 18.8 Å². The molecule has 164 valence electrons. The molecule has 2 heterocycles. The van der Waals surface area contributed by atoms with E-state index in [0.717, 1.165) is 58.0 Å². The lowest BCUT2D eigenvalue weighted by Gasteiger charge is -2.37. The van der Waals surface area contributed by atoms with Crippen molar-refractivity contribution in [3.63, 3.8) is 0 Å². The maximum Gasteiger partial charge on any atom is 0.194 e. The molecule has 29 heavy (non-hydrogen) atoms. The number of benzene rings is 1. The van der Waals surface area contributed by atoms with Crippen molar-refractivity contribution in [2.24, 2.45) is 4.99 Å². The number of halogens is 2. The summed E-state index contributed by atoms with van der Waals surface area (Å²) in [5, 5.41) is 3.40. The molecule has 0 saturated carbocycles. The van der Waals surface area contributed by atoms with E-state index in [4.69, 9.17) is 14.5 Å². The molecule has 2 saturated heterocycles. The van der Waals surface area contributed by atoms with E-state index >= 15 is 0 Å². The summed E-state index contributed by atoms with van der Waals surface area (Å²) in [6.45, 7) is 7.55. The molecule has 2 aliphatic heterocycles. The summed E-state index contributed by atoms with van der Waals surface area (Å²) in [6, 6.07) is 6.88. The number of nitrogens with zero attached hydrogens (tertiary/aromatic N) is 3. The number of rotatable bonds is 7. The van der Waals surface area contributed by atoms with Gasteiger partial charge in [0.25, 0.3) is 0 Å². The highest BCUT2D eigenvalue weighted by atomic mass is 127. The van der Waals surface area contributed by atoms with Gasteiger partial charge in [0.05, 0.1) is 18.4 Å². The molecule has 0 aromatic heterocycles. The summed E-state index contributed by atoms with van der Waals surface area (Å²) in [7, 11) is 1.92. The van der Waals surface area contributed by atoms with E-state index in [1.807, 2.05) is 24.1 Å². The monoisotopic (exact) mass is 520 g/mol. The molecule has 2 aliphatic rings. The third-order valence-electron chi connectivity index (χ3n) is 5.28. The Morgan fingerprint density at radius 3 is 2.79 bits per heavy atom. The maximum absolute atomic E-state index is 13.9. The van der Waals surface area contributed by atoms with Crippen LogP contribution in [0, 0.1) is 5.82 Å². The fraction of sp³-hybridized carbons (Fsp3) is 0.667. The SMILES string of the molecule is CCNC(=NCCCN(C)c1ccccc1F)N1CCOC(C2CCCO2)C1.I. The van der Waals surface area contributed by atoms with Gasteiger partial charge >= 0.3 is 0 Å². The lowest BCUT2D eigenvalue weighted by atomic mass is 10.1. The lowest BCUT2D eigenvalue weighted by Crippen LogP contribution is -2.53. The first-order valence-electron chi connectivity index (χ1n) is 10.4. The molecule has 2 unspecified atom stereocenters. The van der Waals surface area contributed by atoms with Crippen molar-refractivity contribution < 1.29 is 13.9 Å². The molecule has 1 aromatic carbocycles. The minimum Gasteiger partial charge on any atom is -0.375 e. The number of hydrogen-bond acceptors (Lipinski definition) is 4. The van der Waals surface area contributed by atoms with Crippen LogP contribution in [0.2, 0.25) is 0 Å². The zero-order chi connectivity index (χ0) is 19.8. The average Bonchev–Trinajstić information content (AvgIpc) is 3.25. The summed E-state index contributed by atoms with van der Waals surface area (Å²) in [6.07, 6.45) is 3.38. The topological polar surface area (TPSA) is 49.3 Å². The zero-order valence-corrected chi connectivity index (χ0v) is 19.8. The molecule has 1 aromatic rings. The van der Waals surface area contributed by atoms with Crippen molar-refractivity contribution in [3.8, 4) is 0 Å². The number of morpholine rings is 1. The number of aliphatic imine (C=N–C) groups is 1. The summed E-state index contributed by atoms with van der Waals surface area (Å²) in [5.41, 5.74) is 0.631. The summed E-state index contributed by atoms with van der Waals surface area (Å²) < 4.78 is 25.6. The molecule has 3 rings (SSSR count). The summed E-state index contributed by atoms with van der Waals surface area (Å²) in [5.74, 6) is 0.748. The van der Waals surface area contributed by atoms with Crippen LogP contribution < -0.4 is 10.2 Å². The Morgan fingerprint density at radius 1 is 1.28 bits per heavy atom. The van der Waals surface area contributed by atoms with E-state index in [1.54, 1.807) is 6.07 Å². The van der Waals surface area contributed by atoms with E-state index in [9.17, 15) is 4.39 Å². The Kier molecular flexibility index (Phi) is 10.4. The molecule has 8 heteroatoms. The molecule has 1 N–H and O–H groups in total. The first kappa shape index (κ1) is 24.1. The van der Waals surface area contributed by atoms with Crippen LogP contribution in [0.1, 0.15) is 26.2 Å². The zero-order valence-electron chi connectivity index (χ0n) is 17.5. The fourth-order valence-electron chi connectivity index (χ4n) is 3.79. The Bertz CT molecular complexity index is 643. The van der Waals surface area contributed by atoms with Crippen LogP contribution in [0.4, 0.5) is 10.1 Å². The quantitative estimate of drug-likeness (QED) is 0.259. The number of para-hydroxylation sites is 1. The second-order valence-corrected chi connectivity index (χ2v) is 7.37. The minimum atomic E-state index is -0.185. The lowest BCUT2D eigenvalue weighted by molar-refractivity contribution is -0.0817. The highest BCUT2D eigenvalue weighted by Gasteiger charge is 2.32.